The zero-order valence-corrected chi connectivity index (χ0v) is 11.9. The van der Waals surface area contributed by atoms with Crippen LogP contribution in [0.25, 0.3) is 0 Å². The summed E-state index contributed by atoms with van der Waals surface area (Å²) in [6.45, 7) is 1.86. The Kier molecular flexibility index (Phi) is 4.76. The summed E-state index contributed by atoms with van der Waals surface area (Å²) in [6.07, 6.45) is 1.19. The molecular weight excluding hydrogens is 291 g/mol. The third-order valence-corrected chi connectivity index (χ3v) is 3.38. The smallest absolute Gasteiger partial charge is 0.534 e. The molecule has 0 spiro atoms. The van der Waals surface area contributed by atoms with Crippen LogP contribution in [-0.4, -0.2) is 35.1 Å². The lowest BCUT2D eigenvalue weighted by Crippen LogP contribution is -2.53. The number of hydrogen-bond acceptors (Lipinski definition) is 6. The van der Waals surface area contributed by atoms with Crippen molar-refractivity contribution >= 4 is 24.7 Å². The van der Waals surface area contributed by atoms with Gasteiger partial charge in [0.2, 0.25) is 5.91 Å². The molecular formula is C13H15BN2O6. The maximum absolute atomic E-state index is 11.6. The molecule has 0 aromatic heterocycles. The third kappa shape index (κ3) is 3.09. The molecule has 9 heteroatoms. The average molecular weight is 306 g/mol. The summed E-state index contributed by atoms with van der Waals surface area (Å²) >= 11 is 0. The number of benzene rings is 1. The molecule has 1 aromatic carbocycles. The summed E-state index contributed by atoms with van der Waals surface area (Å²) in [5.41, 5.74) is -0.172. The average Bonchev–Trinajstić information content (AvgIpc) is 2.46. The topological polar surface area (TPSA) is 125 Å². The van der Waals surface area contributed by atoms with Crippen LogP contribution in [0.1, 0.15) is 35.7 Å². The summed E-state index contributed by atoms with van der Waals surface area (Å²) in [6, 6.07) is 2.78. The summed E-state index contributed by atoms with van der Waals surface area (Å²) in [5, 5.41) is 24.4. The van der Waals surface area contributed by atoms with E-state index in [-0.39, 0.29) is 29.3 Å². The number of carbonyl (C=O) groups excluding carboxylic acids is 1. The standard InChI is InChI=1S/C13H15BN2O6/c1-2-3-10(17)15-9-6-7-4-5-8(16-21)11(13(18)19)12(7)22-14(9)20/h4-5,9,20H,2-3,6H2,1H3,(H,15,17)(H,18,19)/t9-/m0/s1. The summed E-state index contributed by atoms with van der Waals surface area (Å²) in [5.74, 6) is -2.35. The molecule has 0 saturated carbocycles. The van der Waals surface area contributed by atoms with Crippen LogP contribution in [0.15, 0.2) is 17.3 Å². The van der Waals surface area contributed by atoms with Crippen molar-refractivity contribution in [3.8, 4) is 5.75 Å². The molecule has 1 amide bonds. The Morgan fingerprint density at radius 2 is 2.23 bits per heavy atom. The monoisotopic (exact) mass is 306 g/mol. The maximum atomic E-state index is 11.6. The van der Waals surface area contributed by atoms with Crippen molar-refractivity contribution in [3.05, 3.63) is 28.2 Å². The quantitative estimate of drug-likeness (QED) is 0.551. The second-order valence-electron chi connectivity index (χ2n) is 4.98. The van der Waals surface area contributed by atoms with Crippen LogP contribution in [0.3, 0.4) is 0 Å². The molecule has 3 N–H and O–H groups in total. The number of fused-ring (bicyclic) bond motifs is 1. The van der Waals surface area contributed by atoms with Crippen molar-refractivity contribution in [2.75, 3.05) is 0 Å². The lowest BCUT2D eigenvalue weighted by atomic mass is 9.72. The van der Waals surface area contributed by atoms with E-state index < -0.39 is 19.0 Å². The molecule has 0 fully saturated rings. The molecule has 1 aromatic rings. The Bertz CT molecular complexity index is 621. The van der Waals surface area contributed by atoms with Gasteiger partial charge in [-0.2, -0.15) is 0 Å². The van der Waals surface area contributed by atoms with Gasteiger partial charge in [-0.3, -0.25) is 4.79 Å². The van der Waals surface area contributed by atoms with Crippen LogP contribution >= 0.6 is 0 Å². The normalized spacial score (nSPS) is 16.5. The largest absolute Gasteiger partial charge is 0.547 e. The van der Waals surface area contributed by atoms with E-state index in [0.717, 1.165) is 0 Å². The predicted molar refractivity (Wildman–Crippen MR) is 78.0 cm³/mol. The van der Waals surface area contributed by atoms with E-state index in [1.54, 1.807) is 0 Å². The van der Waals surface area contributed by atoms with Gasteiger partial charge in [-0.25, -0.2) is 4.79 Å². The van der Waals surface area contributed by atoms with Crippen molar-refractivity contribution in [3.63, 3.8) is 0 Å². The number of carbonyl (C=O) groups is 2. The molecule has 1 aliphatic rings. The van der Waals surface area contributed by atoms with E-state index in [4.69, 9.17) is 4.65 Å². The minimum Gasteiger partial charge on any atom is -0.534 e. The van der Waals surface area contributed by atoms with Gasteiger partial charge in [-0.05, 0) is 29.6 Å². The number of carboxylic acids is 1. The van der Waals surface area contributed by atoms with Gasteiger partial charge in [0.25, 0.3) is 0 Å². The molecule has 1 atom stereocenters. The van der Waals surface area contributed by atoms with E-state index in [1.807, 2.05) is 6.92 Å². The summed E-state index contributed by atoms with van der Waals surface area (Å²) in [4.78, 5) is 33.6. The third-order valence-electron chi connectivity index (χ3n) is 3.38. The SMILES string of the molecule is CCCC(=O)N[C@H]1Cc2ccc(N=O)c(C(=O)O)c2OB1O. The molecule has 1 heterocycles. The molecule has 116 valence electrons. The Labute approximate surface area is 126 Å². The van der Waals surface area contributed by atoms with Gasteiger partial charge in [0, 0.05) is 6.42 Å². The highest BCUT2D eigenvalue weighted by Crippen LogP contribution is 2.36. The van der Waals surface area contributed by atoms with Crippen LogP contribution in [0.4, 0.5) is 5.69 Å². The van der Waals surface area contributed by atoms with Gasteiger partial charge in [0.1, 0.15) is 17.0 Å². The Hall–Kier alpha value is -2.42. The highest BCUT2D eigenvalue weighted by molar-refractivity contribution is 6.47. The Morgan fingerprint density at radius 1 is 1.50 bits per heavy atom. The first-order valence-corrected chi connectivity index (χ1v) is 6.84. The van der Waals surface area contributed by atoms with Crippen LogP contribution in [0.2, 0.25) is 0 Å². The van der Waals surface area contributed by atoms with Gasteiger partial charge >= 0.3 is 13.1 Å². The fourth-order valence-electron chi connectivity index (χ4n) is 2.36. The van der Waals surface area contributed by atoms with Gasteiger partial charge in [0.15, 0.2) is 0 Å². The second-order valence-corrected chi connectivity index (χ2v) is 4.98. The highest BCUT2D eigenvalue weighted by Gasteiger charge is 2.38. The first-order chi connectivity index (χ1) is 10.5. The van der Waals surface area contributed by atoms with Crippen LogP contribution in [-0.2, 0) is 11.2 Å². The van der Waals surface area contributed by atoms with Gasteiger partial charge < -0.3 is 20.1 Å². The van der Waals surface area contributed by atoms with Crippen molar-refractivity contribution in [2.24, 2.45) is 5.18 Å². The summed E-state index contributed by atoms with van der Waals surface area (Å²) in [7, 11) is -1.40. The minimum absolute atomic E-state index is 0.0851. The number of hydrogen-bond donors (Lipinski definition) is 3. The Balaban J connectivity index is 2.31. The van der Waals surface area contributed by atoms with Crippen molar-refractivity contribution in [2.45, 2.75) is 32.1 Å². The van der Waals surface area contributed by atoms with Crippen molar-refractivity contribution in [1.29, 1.82) is 0 Å². The first kappa shape index (κ1) is 16.0. The van der Waals surface area contributed by atoms with E-state index in [9.17, 15) is 24.6 Å². The molecule has 0 radical (unpaired) electrons. The molecule has 0 bridgehead atoms. The first-order valence-electron chi connectivity index (χ1n) is 6.84. The van der Waals surface area contributed by atoms with E-state index in [0.29, 0.717) is 18.4 Å². The van der Waals surface area contributed by atoms with Crippen LogP contribution in [0, 0.1) is 4.91 Å². The molecule has 0 saturated heterocycles. The number of amides is 1. The van der Waals surface area contributed by atoms with Gasteiger partial charge in [-0.1, -0.05) is 13.0 Å². The number of carboxylic acid groups (broad SMARTS) is 1. The highest BCUT2D eigenvalue weighted by atomic mass is 16.5. The fourth-order valence-corrected chi connectivity index (χ4v) is 2.36. The number of rotatable bonds is 5. The molecule has 1 aliphatic heterocycles. The van der Waals surface area contributed by atoms with E-state index >= 15 is 0 Å². The zero-order chi connectivity index (χ0) is 16.3. The molecule has 2 rings (SSSR count). The second kappa shape index (κ2) is 6.57. The molecule has 0 unspecified atom stereocenters. The number of nitrogens with zero attached hydrogens (tertiary/aromatic N) is 1. The zero-order valence-electron chi connectivity index (χ0n) is 11.9. The molecule has 8 nitrogen and oxygen atoms in total. The maximum Gasteiger partial charge on any atom is 0.547 e. The van der Waals surface area contributed by atoms with E-state index in [1.165, 1.54) is 12.1 Å². The van der Waals surface area contributed by atoms with Crippen molar-refractivity contribution in [1.82, 2.24) is 5.32 Å². The predicted octanol–water partition coefficient (Wildman–Crippen LogP) is 1.02. The molecule has 0 aliphatic carbocycles. The molecule has 22 heavy (non-hydrogen) atoms. The summed E-state index contributed by atoms with van der Waals surface area (Å²) < 4.78 is 5.22. The van der Waals surface area contributed by atoms with E-state index in [2.05, 4.69) is 10.5 Å². The Morgan fingerprint density at radius 3 is 2.82 bits per heavy atom. The van der Waals surface area contributed by atoms with Gasteiger partial charge in [-0.15, -0.1) is 4.91 Å². The minimum atomic E-state index is -1.40. The number of nitrogens with one attached hydrogen (secondary N) is 1. The lowest BCUT2D eigenvalue weighted by Gasteiger charge is -2.29. The van der Waals surface area contributed by atoms with Crippen LogP contribution < -0.4 is 9.97 Å². The van der Waals surface area contributed by atoms with Crippen LogP contribution in [0.5, 0.6) is 5.75 Å². The number of aromatic carboxylic acids is 1. The number of nitroso groups, excluding NO2 is 1. The fraction of sp³-hybridized carbons (Fsp3) is 0.385. The lowest BCUT2D eigenvalue weighted by molar-refractivity contribution is -0.121. The van der Waals surface area contributed by atoms with Crippen molar-refractivity contribution < 1.29 is 24.4 Å². The van der Waals surface area contributed by atoms with Gasteiger partial charge in [0.05, 0.1) is 5.94 Å².